The molecule has 1 aromatic heterocycles. The van der Waals surface area contributed by atoms with E-state index in [2.05, 4.69) is 41.1 Å². The second-order valence-corrected chi connectivity index (χ2v) is 7.34. The molecule has 0 saturated heterocycles. The SMILES string of the molecule is CC[C@@H](CO)[C@@H]1C[C@H]2c3[nH]c4ccccc4c3CCN2C=C1C(=O)OC. The largest absolute Gasteiger partial charge is 0.466 e. The maximum absolute atomic E-state index is 12.4. The highest BCUT2D eigenvalue weighted by Crippen LogP contribution is 2.45. The second kappa shape index (κ2) is 6.80. The lowest BCUT2D eigenvalue weighted by Crippen LogP contribution is -2.40. The molecule has 0 aliphatic carbocycles. The average molecular weight is 354 g/mol. The van der Waals surface area contributed by atoms with Crippen LogP contribution in [0.5, 0.6) is 0 Å². The first kappa shape index (κ1) is 17.2. The Hall–Kier alpha value is -2.27. The zero-order chi connectivity index (χ0) is 18.3. The molecule has 5 heteroatoms. The Balaban J connectivity index is 1.78. The number of aromatic amines is 1. The molecule has 0 radical (unpaired) electrons. The van der Waals surface area contributed by atoms with E-state index >= 15 is 0 Å². The molecule has 0 amide bonds. The summed E-state index contributed by atoms with van der Waals surface area (Å²) in [5.74, 6) is -0.198. The summed E-state index contributed by atoms with van der Waals surface area (Å²) in [5.41, 5.74) is 4.53. The molecular weight excluding hydrogens is 328 g/mol. The van der Waals surface area contributed by atoms with E-state index in [1.807, 2.05) is 6.20 Å². The Morgan fingerprint density at radius 2 is 2.23 bits per heavy atom. The van der Waals surface area contributed by atoms with Gasteiger partial charge in [0.25, 0.3) is 0 Å². The van der Waals surface area contributed by atoms with Gasteiger partial charge in [-0.15, -0.1) is 0 Å². The van der Waals surface area contributed by atoms with Crippen LogP contribution in [0.15, 0.2) is 36.0 Å². The standard InChI is InChI=1S/C21H26N2O3/c1-3-13(12-24)16-10-19-20-15(14-6-4-5-7-18(14)22-20)8-9-23(19)11-17(16)21(25)26-2/h4-7,11,13,16,19,22,24H,3,8-10,12H2,1-2H3/t13-,16-,19-/m0/s1. The molecule has 3 heterocycles. The van der Waals surface area contributed by atoms with Crippen molar-refractivity contribution in [2.24, 2.45) is 11.8 Å². The lowest BCUT2D eigenvalue weighted by atomic mass is 9.76. The number of H-pyrrole nitrogens is 1. The van der Waals surface area contributed by atoms with Gasteiger partial charge >= 0.3 is 5.97 Å². The zero-order valence-corrected chi connectivity index (χ0v) is 15.4. The molecule has 2 aliphatic rings. The van der Waals surface area contributed by atoms with E-state index in [9.17, 15) is 9.90 Å². The maximum Gasteiger partial charge on any atom is 0.335 e. The van der Waals surface area contributed by atoms with Gasteiger partial charge in [-0.05, 0) is 36.3 Å². The van der Waals surface area contributed by atoms with Gasteiger partial charge in [0.15, 0.2) is 0 Å². The van der Waals surface area contributed by atoms with Crippen molar-refractivity contribution >= 4 is 16.9 Å². The first-order chi connectivity index (χ1) is 12.7. The topological polar surface area (TPSA) is 65.6 Å². The Kier molecular flexibility index (Phi) is 4.49. The predicted molar refractivity (Wildman–Crippen MR) is 101 cm³/mol. The van der Waals surface area contributed by atoms with Crippen molar-refractivity contribution < 1.29 is 14.6 Å². The number of aliphatic hydroxyl groups excluding tert-OH is 1. The minimum atomic E-state index is -0.275. The van der Waals surface area contributed by atoms with Crippen molar-refractivity contribution in [1.82, 2.24) is 9.88 Å². The molecule has 0 spiro atoms. The average Bonchev–Trinajstić information content (AvgIpc) is 3.07. The Morgan fingerprint density at radius 3 is 2.96 bits per heavy atom. The zero-order valence-electron chi connectivity index (χ0n) is 15.4. The van der Waals surface area contributed by atoms with E-state index in [0.29, 0.717) is 5.57 Å². The van der Waals surface area contributed by atoms with Gasteiger partial charge in [0.2, 0.25) is 0 Å². The van der Waals surface area contributed by atoms with Crippen LogP contribution >= 0.6 is 0 Å². The number of methoxy groups -OCH3 is 1. The number of para-hydroxylation sites is 1. The van der Waals surface area contributed by atoms with Crippen molar-refractivity contribution in [2.75, 3.05) is 20.3 Å². The van der Waals surface area contributed by atoms with Crippen molar-refractivity contribution in [3.05, 3.63) is 47.3 Å². The first-order valence-electron chi connectivity index (χ1n) is 9.44. The van der Waals surface area contributed by atoms with Gasteiger partial charge in [0.05, 0.1) is 18.7 Å². The smallest absolute Gasteiger partial charge is 0.335 e. The summed E-state index contributed by atoms with van der Waals surface area (Å²) in [6.45, 7) is 3.04. The third-order valence-electron chi connectivity index (χ3n) is 6.13. The minimum absolute atomic E-state index is 0.0102. The summed E-state index contributed by atoms with van der Waals surface area (Å²) in [7, 11) is 1.43. The maximum atomic E-state index is 12.4. The monoisotopic (exact) mass is 354 g/mol. The number of ether oxygens (including phenoxy) is 1. The lowest BCUT2D eigenvalue weighted by Gasteiger charge is -2.43. The lowest BCUT2D eigenvalue weighted by molar-refractivity contribution is -0.137. The number of hydrogen-bond acceptors (Lipinski definition) is 4. The number of carbonyl (C=O) groups excluding carboxylic acids is 1. The molecule has 3 atom stereocenters. The van der Waals surface area contributed by atoms with E-state index < -0.39 is 0 Å². The van der Waals surface area contributed by atoms with Gasteiger partial charge < -0.3 is 19.7 Å². The molecule has 1 aromatic carbocycles. The molecule has 2 aromatic rings. The molecule has 0 fully saturated rings. The Labute approximate surface area is 153 Å². The fourth-order valence-corrected chi connectivity index (χ4v) is 4.70. The number of fused-ring (bicyclic) bond motifs is 5. The van der Waals surface area contributed by atoms with Gasteiger partial charge in [-0.1, -0.05) is 31.5 Å². The highest BCUT2D eigenvalue weighted by Gasteiger charge is 2.40. The Bertz CT molecular complexity index is 850. The number of nitrogens with one attached hydrogen (secondary N) is 1. The number of aromatic nitrogens is 1. The van der Waals surface area contributed by atoms with Crippen molar-refractivity contribution in [3.8, 4) is 0 Å². The first-order valence-corrected chi connectivity index (χ1v) is 9.44. The van der Waals surface area contributed by atoms with Crippen LogP contribution in [0.3, 0.4) is 0 Å². The number of rotatable bonds is 4. The number of nitrogens with zero attached hydrogens (tertiary/aromatic N) is 1. The quantitative estimate of drug-likeness (QED) is 0.828. The van der Waals surface area contributed by atoms with E-state index in [-0.39, 0.29) is 30.5 Å². The van der Waals surface area contributed by atoms with Crippen LogP contribution in [0.1, 0.15) is 37.1 Å². The number of hydrogen-bond donors (Lipinski definition) is 2. The highest BCUT2D eigenvalue weighted by atomic mass is 16.5. The van der Waals surface area contributed by atoms with Crippen LogP contribution < -0.4 is 0 Å². The third-order valence-corrected chi connectivity index (χ3v) is 6.13. The van der Waals surface area contributed by atoms with E-state index in [1.54, 1.807) is 0 Å². The molecule has 4 rings (SSSR count). The molecule has 138 valence electrons. The normalized spacial score (nSPS) is 23.2. The number of carbonyl (C=O) groups is 1. The molecule has 26 heavy (non-hydrogen) atoms. The predicted octanol–water partition coefficient (Wildman–Crippen LogP) is 3.16. The molecule has 0 unspecified atom stereocenters. The summed E-state index contributed by atoms with van der Waals surface area (Å²) in [6, 6.07) is 8.65. The van der Waals surface area contributed by atoms with E-state index in [0.717, 1.165) is 25.8 Å². The summed E-state index contributed by atoms with van der Waals surface area (Å²) < 4.78 is 5.03. The minimum Gasteiger partial charge on any atom is -0.466 e. The summed E-state index contributed by atoms with van der Waals surface area (Å²) >= 11 is 0. The summed E-state index contributed by atoms with van der Waals surface area (Å²) in [6.07, 6.45) is 4.60. The summed E-state index contributed by atoms with van der Waals surface area (Å²) in [5, 5.41) is 11.2. The van der Waals surface area contributed by atoms with Crippen molar-refractivity contribution in [2.45, 2.75) is 32.2 Å². The summed E-state index contributed by atoms with van der Waals surface area (Å²) in [4.78, 5) is 18.3. The van der Waals surface area contributed by atoms with Gasteiger partial charge in [0, 0.05) is 35.9 Å². The fourth-order valence-electron chi connectivity index (χ4n) is 4.70. The van der Waals surface area contributed by atoms with Crippen LogP contribution in [0.2, 0.25) is 0 Å². The van der Waals surface area contributed by atoms with Crippen LogP contribution in [0.25, 0.3) is 10.9 Å². The number of esters is 1. The van der Waals surface area contributed by atoms with Gasteiger partial charge in [-0.25, -0.2) is 4.79 Å². The van der Waals surface area contributed by atoms with E-state index in [1.165, 1.54) is 29.3 Å². The van der Waals surface area contributed by atoms with Crippen molar-refractivity contribution in [3.63, 3.8) is 0 Å². The van der Waals surface area contributed by atoms with Gasteiger partial charge in [-0.2, -0.15) is 0 Å². The fraction of sp³-hybridized carbons (Fsp3) is 0.476. The van der Waals surface area contributed by atoms with E-state index in [4.69, 9.17) is 4.74 Å². The van der Waals surface area contributed by atoms with Gasteiger partial charge in [-0.3, -0.25) is 0 Å². The van der Waals surface area contributed by atoms with Crippen LogP contribution in [0.4, 0.5) is 0 Å². The molecule has 0 bridgehead atoms. The number of aliphatic hydroxyl groups is 1. The third kappa shape index (κ3) is 2.62. The highest BCUT2D eigenvalue weighted by molar-refractivity contribution is 5.89. The van der Waals surface area contributed by atoms with Crippen LogP contribution in [-0.2, 0) is 16.0 Å². The molecule has 2 aliphatic heterocycles. The number of benzene rings is 1. The molecule has 5 nitrogen and oxygen atoms in total. The van der Waals surface area contributed by atoms with Crippen molar-refractivity contribution in [1.29, 1.82) is 0 Å². The van der Waals surface area contributed by atoms with Gasteiger partial charge in [0.1, 0.15) is 0 Å². The van der Waals surface area contributed by atoms with Crippen LogP contribution in [-0.4, -0.2) is 41.2 Å². The molecular formula is C21H26N2O3. The molecule has 0 saturated carbocycles. The Morgan fingerprint density at radius 1 is 1.42 bits per heavy atom. The molecule has 2 N–H and O–H groups in total. The van der Waals surface area contributed by atoms with Crippen LogP contribution in [0, 0.1) is 11.8 Å². The second-order valence-electron chi connectivity index (χ2n) is 7.34.